The molecule has 0 saturated heterocycles. The summed E-state index contributed by atoms with van der Waals surface area (Å²) in [6, 6.07) is 9.36. The van der Waals surface area contributed by atoms with Crippen molar-refractivity contribution in [1.82, 2.24) is 0 Å². The summed E-state index contributed by atoms with van der Waals surface area (Å²) < 4.78 is 5.84. The normalized spacial score (nSPS) is 10.5. The van der Waals surface area contributed by atoms with Gasteiger partial charge in [0.15, 0.2) is 0 Å². The number of hydrogen-bond donors (Lipinski definition) is 0. The van der Waals surface area contributed by atoms with Crippen molar-refractivity contribution in [1.29, 1.82) is 0 Å². The first-order valence-electron chi connectivity index (χ1n) is 5.69. The van der Waals surface area contributed by atoms with Gasteiger partial charge in [-0.15, -0.1) is 0 Å². The summed E-state index contributed by atoms with van der Waals surface area (Å²) in [6.07, 6.45) is 0. The monoisotopic (exact) mass is 280 g/mol. The second kappa shape index (κ2) is 5.21. The van der Waals surface area contributed by atoms with Gasteiger partial charge >= 0.3 is 0 Å². The molecule has 0 fully saturated rings. The second-order valence-corrected chi connectivity index (χ2v) is 5.07. The molecule has 0 atom stereocenters. The number of aryl methyl sites for hydroxylation is 1. The van der Waals surface area contributed by atoms with Crippen molar-refractivity contribution >= 4 is 23.2 Å². The van der Waals surface area contributed by atoms with Gasteiger partial charge in [0.2, 0.25) is 0 Å². The topological polar surface area (TPSA) is 9.23 Å². The lowest BCUT2D eigenvalue weighted by Crippen LogP contribution is -1.93. The van der Waals surface area contributed by atoms with Crippen LogP contribution in [0.2, 0.25) is 10.0 Å². The molecule has 94 valence electrons. The molecule has 0 aliphatic rings. The van der Waals surface area contributed by atoms with Gasteiger partial charge in [-0.25, -0.2) is 0 Å². The Morgan fingerprint density at radius 3 is 2.28 bits per heavy atom. The van der Waals surface area contributed by atoms with E-state index in [0.29, 0.717) is 15.8 Å². The Morgan fingerprint density at radius 2 is 1.56 bits per heavy atom. The Balaban J connectivity index is 2.41. The van der Waals surface area contributed by atoms with E-state index in [1.807, 2.05) is 31.2 Å². The maximum Gasteiger partial charge on any atom is 0.147 e. The number of halogens is 2. The molecule has 0 amide bonds. The Bertz CT molecular complexity index is 591. The molecule has 0 aliphatic carbocycles. The van der Waals surface area contributed by atoms with Gasteiger partial charge in [0.25, 0.3) is 0 Å². The summed E-state index contributed by atoms with van der Waals surface area (Å²) in [7, 11) is 0. The van der Waals surface area contributed by atoms with Crippen LogP contribution in [0.15, 0.2) is 30.3 Å². The molecule has 0 unspecified atom stereocenters. The van der Waals surface area contributed by atoms with Crippen LogP contribution in [0.5, 0.6) is 11.5 Å². The van der Waals surface area contributed by atoms with Crippen LogP contribution in [0.1, 0.15) is 16.7 Å². The molecule has 0 aromatic heterocycles. The first-order valence-corrected chi connectivity index (χ1v) is 6.45. The summed E-state index contributed by atoms with van der Waals surface area (Å²) in [5.74, 6) is 1.39. The number of hydrogen-bond acceptors (Lipinski definition) is 1. The van der Waals surface area contributed by atoms with Crippen LogP contribution in [0.4, 0.5) is 0 Å². The van der Waals surface area contributed by atoms with Gasteiger partial charge in [0.05, 0.1) is 5.02 Å². The molecular formula is C15H14Cl2O. The van der Waals surface area contributed by atoms with Crippen LogP contribution in [0.3, 0.4) is 0 Å². The van der Waals surface area contributed by atoms with E-state index < -0.39 is 0 Å². The third-order valence-electron chi connectivity index (χ3n) is 3.14. The third kappa shape index (κ3) is 2.47. The quantitative estimate of drug-likeness (QED) is 0.685. The lowest BCUT2D eigenvalue weighted by Gasteiger charge is -2.13. The van der Waals surface area contributed by atoms with Crippen LogP contribution in [-0.2, 0) is 0 Å². The van der Waals surface area contributed by atoms with Gasteiger partial charge < -0.3 is 4.74 Å². The van der Waals surface area contributed by atoms with Gasteiger partial charge in [0.1, 0.15) is 16.5 Å². The Morgan fingerprint density at radius 1 is 0.833 bits per heavy atom. The highest BCUT2D eigenvalue weighted by Gasteiger charge is 2.10. The van der Waals surface area contributed by atoms with E-state index in [4.69, 9.17) is 27.9 Å². The van der Waals surface area contributed by atoms with Crippen LogP contribution >= 0.6 is 23.2 Å². The molecular weight excluding hydrogens is 267 g/mol. The Labute approximate surface area is 117 Å². The van der Waals surface area contributed by atoms with Gasteiger partial charge in [-0.3, -0.25) is 0 Å². The highest BCUT2D eigenvalue weighted by molar-refractivity contribution is 6.42. The van der Waals surface area contributed by atoms with E-state index in [9.17, 15) is 0 Å². The van der Waals surface area contributed by atoms with Crippen LogP contribution < -0.4 is 4.74 Å². The lowest BCUT2D eigenvalue weighted by atomic mass is 10.0. The van der Waals surface area contributed by atoms with Crippen LogP contribution in [-0.4, -0.2) is 0 Å². The first kappa shape index (κ1) is 13.3. The average Bonchev–Trinajstić information content (AvgIpc) is 2.35. The Hall–Kier alpha value is -1.18. The SMILES string of the molecule is Cc1ccc(Oc2cccc(Cl)c2Cl)c(C)c1C. The summed E-state index contributed by atoms with van der Waals surface area (Å²) in [5, 5.41) is 0.937. The van der Waals surface area contributed by atoms with Crippen molar-refractivity contribution in [3.63, 3.8) is 0 Å². The standard InChI is InChI=1S/C15H14Cl2O/c1-9-7-8-13(11(3)10(9)2)18-14-6-4-5-12(16)15(14)17/h4-8H,1-3H3. The highest BCUT2D eigenvalue weighted by Crippen LogP contribution is 2.36. The van der Waals surface area contributed by atoms with Crippen molar-refractivity contribution in [3.8, 4) is 11.5 Å². The molecule has 0 saturated carbocycles. The average molecular weight is 281 g/mol. The molecule has 3 heteroatoms. The zero-order valence-electron chi connectivity index (χ0n) is 10.6. The zero-order chi connectivity index (χ0) is 13.3. The van der Waals surface area contributed by atoms with E-state index in [0.717, 1.165) is 11.3 Å². The largest absolute Gasteiger partial charge is 0.455 e. The van der Waals surface area contributed by atoms with Gasteiger partial charge in [-0.2, -0.15) is 0 Å². The van der Waals surface area contributed by atoms with Crippen LogP contribution in [0.25, 0.3) is 0 Å². The number of benzene rings is 2. The molecule has 0 spiro atoms. The summed E-state index contributed by atoms with van der Waals surface area (Å²) in [6.45, 7) is 6.20. The Kier molecular flexibility index (Phi) is 3.84. The minimum absolute atomic E-state index is 0.441. The summed E-state index contributed by atoms with van der Waals surface area (Å²) >= 11 is 12.1. The van der Waals surface area contributed by atoms with E-state index in [1.54, 1.807) is 6.07 Å². The third-order valence-corrected chi connectivity index (χ3v) is 3.95. The molecule has 0 radical (unpaired) electrons. The minimum Gasteiger partial charge on any atom is -0.455 e. The maximum absolute atomic E-state index is 6.11. The first-order chi connectivity index (χ1) is 8.50. The summed E-state index contributed by atoms with van der Waals surface area (Å²) in [5.41, 5.74) is 3.59. The fourth-order valence-electron chi connectivity index (χ4n) is 1.72. The predicted octanol–water partition coefficient (Wildman–Crippen LogP) is 5.71. The fraction of sp³-hybridized carbons (Fsp3) is 0.200. The minimum atomic E-state index is 0.441. The van der Waals surface area contributed by atoms with E-state index in [2.05, 4.69) is 13.8 Å². The zero-order valence-corrected chi connectivity index (χ0v) is 12.1. The van der Waals surface area contributed by atoms with Gasteiger partial charge in [0, 0.05) is 0 Å². The van der Waals surface area contributed by atoms with E-state index in [1.165, 1.54) is 11.1 Å². The van der Waals surface area contributed by atoms with E-state index >= 15 is 0 Å². The molecule has 1 nitrogen and oxygen atoms in total. The number of ether oxygens (including phenoxy) is 1. The van der Waals surface area contributed by atoms with Crippen molar-refractivity contribution in [3.05, 3.63) is 57.1 Å². The van der Waals surface area contributed by atoms with E-state index in [-0.39, 0.29) is 0 Å². The van der Waals surface area contributed by atoms with Crippen molar-refractivity contribution < 1.29 is 4.74 Å². The molecule has 0 heterocycles. The van der Waals surface area contributed by atoms with Crippen molar-refractivity contribution in [2.24, 2.45) is 0 Å². The van der Waals surface area contributed by atoms with Crippen molar-refractivity contribution in [2.45, 2.75) is 20.8 Å². The van der Waals surface area contributed by atoms with Gasteiger partial charge in [-0.05, 0) is 55.7 Å². The molecule has 2 aromatic rings. The van der Waals surface area contributed by atoms with Crippen molar-refractivity contribution in [2.75, 3.05) is 0 Å². The predicted molar refractivity (Wildman–Crippen MR) is 77.2 cm³/mol. The molecule has 0 aliphatic heterocycles. The maximum atomic E-state index is 6.11. The number of rotatable bonds is 2. The molecule has 0 bridgehead atoms. The molecule has 2 aromatic carbocycles. The van der Waals surface area contributed by atoms with Crippen LogP contribution in [0, 0.1) is 20.8 Å². The van der Waals surface area contributed by atoms with Gasteiger partial charge in [-0.1, -0.05) is 35.3 Å². The fourth-order valence-corrected chi connectivity index (χ4v) is 2.05. The summed E-state index contributed by atoms with van der Waals surface area (Å²) in [4.78, 5) is 0. The highest BCUT2D eigenvalue weighted by atomic mass is 35.5. The molecule has 2 rings (SSSR count). The smallest absolute Gasteiger partial charge is 0.147 e. The molecule has 18 heavy (non-hydrogen) atoms. The molecule has 0 N–H and O–H groups in total. The second-order valence-electron chi connectivity index (χ2n) is 4.28. The lowest BCUT2D eigenvalue weighted by molar-refractivity contribution is 0.478.